The molecule has 176 valence electrons. The topological polar surface area (TPSA) is 88.0 Å². The van der Waals surface area contributed by atoms with Crippen molar-refractivity contribution in [1.29, 1.82) is 0 Å². The van der Waals surface area contributed by atoms with Gasteiger partial charge in [0, 0.05) is 37.5 Å². The van der Waals surface area contributed by atoms with E-state index in [1.807, 2.05) is 13.0 Å². The lowest BCUT2D eigenvalue weighted by Crippen LogP contribution is -2.47. The number of aromatic nitrogens is 2. The monoisotopic (exact) mass is 452 g/mol. The molecule has 0 amide bonds. The number of fused-ring (bicyclic) bond motifs is 1. The van der Waals surface area contributed by atoms with E-state index in [-0.39, 0.29) is 5.97 Å². The molecular formula is C25H32N4O4. The van der Waals surface area contributed by atoms with E-state index in [1.54, 1.807) is 25.4 Å². The van der Waals surface area contributed by atoms with Crippen molar-refractivity contribution in [1.82, 2.24) is 14.9 Å². The standard InChI is InChI=1S/C25H32N4O4/c1-17-18(3-4-19-20(17)16-33-23(19)31)21(30)15-28-11-6-25(7-12-28)8-13-29(14-9-25)24-26-10-5-22(27-24)32-2/h3-5,10,21,30H,6-9,11-16H2,1-2H3/t21-/m0/s1. The highest BCUT2D eigenvalue weighted by Crippen LogP contribution is 2.42. The third kappa shape index (κ3) is 4.29. The third-order valence-corrected chi connectivity index (χ3v) is 7.85. The minimum Gasteiger partial charge on any atom is -0.481 e. The number of cyclic esters (lactones) is 1. The minimum atomic E-state index is -0.563. The summed E-state index contributed by atoms with van der Waals surface area (Å²) in [4.78, 5) is 25.3. The summed E-state index contributed by atoms with van der Waals surface area (Å²) in [6.45, 7) is 6.83. The van der Waals surface area contributed by atoms with E-state index in [4.69, 9.17) is 9.47 Å². The summed E-state index contributed by atoms with van der Waals surface area (Å²) >= 11 is 0. The van der Waals surface area contributed by atoms with Crippen LogP contribution in [0.25, 0.3) is 0 Å². The first-order valence-electron chi connectivity index (χ1n) is 11.8. The molecule has 8 heteroatoms. The Bertz CT molecular complexity index is 1030. The van der Waals surface area contributed by atoms with Crippen molar-refractivity contribution < 1.29 is 19.4 Å². The number of hydrogen-bond acceptors (Lipinski definition) is 8. The van der Waals surface area contributed by atoms with Gasteiger partial charge in [-0.15, -0.1) is 0 Å². The molecule has 0 bridgehead atoms. The number of nitrogens with zero attached hydrogens (tertiary/aromatic N) is 4. The number of anilines is 1. The largest absolute Gasteiger partial charge is 0.481 e. The Balaban J connectivity index is 1.15. The summed E-state index contributed by atoms with van der Waals surface area (Å²) in [5.74, 6) is 1.09. The van der Waals surface area contributed by atoms with Gasteiger partial charge in [-0.25, -0.2) is 9.78 Å². The summed E-state index contributed by atoms with van der Waals surface area (Å²) in [5.41, 5.74) is 3.80. The first kappa shape index (κ1) is 22.1. The van der Waals surface area contributed by atoms with Crippen LogP contribution < -0.4 is 9.64 Å². The maximum atomic E-state index is 11.8. The van der Waals surface area contributed by atoms with E-state index in [0.717, 1.165) is 74.5 Å². The summed E-state index contributed by atoms with van der Waals surface area (Å²) in [5, 5.41) is 11.0. The van der Waals surface area contributed by atoms with Crippen molar-refractivity contribution in [2.45, 2.75) is 45.3 Å². The molecule has 1 atom stereocenters. The number of benzene rings is 1. The average molecular weight is 453 g/mol. The fraction of sp³-hybridized carbons (Fsp3) is 0.560. The van der Waals surface area contributed by atoms with Crippen molar-refractivity contribution in [3.63, 3.8) is 0 Å². The molecule has 5 rings (SSSR count). The van der Waals surface area contributed by atoms with Gasteiger partial charge in [0.05, 0.1) is 18.8 Å². The van der Waals surface area contributed by atoms with E-state index in [9.17, 15) is 9.90 Å². The summed E-state index contributed by atoms with van der Waals surface area (Å²) in [6, 6.07) is 5.45. The van der Waals surface area contributed by atoms with E-state index in [2.05, 4.69) is 19.8 Å². The molecule has 2 fully saturated rings. The molecule has 3 aliphatic heterocycles. The van der Waals surface area contributed by atoms with Gasteiger partial charge < -0.3 is 24.4 Å². The minimum absolute atomic E-state index is 0.264. The molecule has 1 N–H and O–H groups in total. The number of aliphatic hydroxyl groups is 1. The van der Waals surface area contributed by atoms with Gasteiger partial charge in [-0.1, -0.05) is 6.07 Å². The van der Waals surface area contributed by atoms with Crippen LogP contribution in [-0.2, 0) is 11.3 Å². The van der Waals surface area contributed by atoms with E-state index >= 15 is 0 Å². The number of methoxy groups -OCH3 is 1. The zero-order chi connectivity index (χ0) is 23.0. The van der Waals surface area contributed by atoms with Crippen LogP contribution >= 0.6 is 0 Å². The van der Waals surface area contributed by atoms with Crippen LogP contribution in [0.3, 0.4) is 0 Å². The SMILES string of the molecule is COc1ccnc(N2CCC3(CCN(C[C@H](O)c4ccc5c(c4C)COC5=O)CC3)CC2)n1. The lowest BCUT2D eigenvalue weighted by atomic mass is 9.71. The van der Waals surface area contributed by atoms with Gasteiger partial charge in [0.2, 0.25) is 11.8 Å². The predicted molar refractivity (Wildman–Crippen MR) is 123 cm³/mol. The molecule has 2 aromatic rings. The fourth-order valence-electron chi connectivity index (χ4n) is 5.56. The van der Waals surface area contributed by atoms with Gasteiger partial charge in [0.25, 0.3) is 0 Å². The molecule has 0 aliphatic carbocycles. The number of rotatable bonds is 5. The van der Waals surface area contributed by atoms with Crippen molar-refractivity contribution in [2.24, 2.45) is 5.41 Å². The molecule has 8 nitrogen and oxygen atoms in total. The summed E-state index contributed by atoms with van der Waals surface area (Å²) in [6.07, 6.45) is 5.77. The number of ether oxygens (including phenoxy) is 2. The average Bonchev–Trinajstić information content (AvgIpc) is 3.23. The summed E-state index contributed by atoms with van der Waals surface area (Å²) < 4.78 is 10.4. The highest BCUT2D eigenvalue weighted by molar-refractivity contribution is 5.93. The van der Waals surface area contributed by atoms with Crippen molar-refractivity contribution in [2.75, 3.05) is 44.7 Å². The predicted octanol–water partition coefficient (Wildman–Crippen LogP) is 2.88. The van der Waals surface area contributed by atoms with Gasteiger partial charge in [-0.2, -0.15) is 4.98 Å². The number of esters is 1. The van der Waals surface area contributed by atoms with Crippen LogP contribution in [0.5, 0.6) is 5.88 Å². The van der Waals surface area contributed by atoms with Crippen molar-refractivity contribution in [3.8, 4) is 5.88 Å². The molecule has 1 spiro atoms. The Morgan fingerprint density at radius 3 is 2.61 bits per heavy atom. The first-order valence-corrected chi connectivity index (χ1v) is 11.8. The molecule has 0 unspecified atom stereocenters. The molecule has 1 aromatic carbocycles. The number of piperidine rings is 2. The number of hydrogen-bond donors (Lipinski definition) is 1. The van der Waals surface area contributed by atoms with Crippen LogP contribution in [0, 0.1) is 12.3 Å². The molecule has 0 radical (unpaired) electrons. The maximum Gasteiger partial charge on any atom is 0.338 e. The van der Waals surface area contributed by atoms with E-state index in [0.29, 0.717) is 30.0 Å². The van der Waals surface area contributed by atoms with Crippen LogP contribution in [0.15, 0.2) is 24.4 Å². The number of carbonyl (C=O) groups is 1. The molecular weight excluding hydrogens is 420 g/mol. The Kier molecular flexibility index (Phi) is 5.97. The lowest BCUT2D eigenvalue weighted by Gasteiger charge is -2.47. The van der Waals surface area contributed by atoms with Crippen LogP contribution in [0.4, 0.5) is 5.95 Å². The Hall–Kier alpha value is -2.71. The lowest BCUT2D eigenvalue weighted by molar-refractivity contribution is 0.0446. The Labute approximate surface area is 194 Å². The number of β-amino-alcohol motifs (C(OH)–C–C–N with tert-alkyl or cyclic N) is 1. The molecule has 3 aliphatic rings. The second kappa shape index (κ2) is 8.91. The zero-order valence-electron chi connectivity index (χ0n) is 19.4. The van der Waals surface area contributed by atoms with E-state index in [1.165, 1.54) is 0 Å². The van der Waals surface area contributed by atoms with Gasteiger partial charge in [-0.05, 0) is 68.3 Å². The van der Waals surface area contributed by atoms with Crippen LogP contribution in [0.1, 0.15) is 58.8 Å². The van der Waals surface area contributed by atoms with Crippen molar-refractivity contribution >= 4 is 11.9 Å². The van der Waals surface area contributed by atoms with Crippen LogP contribution in [0.2, 0.25) is 0 Å². The normalized spacial score (nSPS) is 21.1. The first-order chi connectivity index (χ1) is 16.0. The molecule has 33 heavy (non-hydrogen) atoms. The second-order valence-corrected chi connectivity index (χ2v) is 9.58. The van der Waals surface area contributed by atoms with Gasteiger partial charge in [-0.3, -0.25) is 0 Å². The molecule has 4 heterocycles. The third-order valence-electron chi connectivity index (χ3n) is 7.85. The van der Waals surface area contributed by atoms with Gasteiger partial charge >= 0.3 is 5.97 Å². The molecule has 2 saturated heterocycles. The number of aliphatic hydroxyl groups excluding tert-OH is 1. The molecule has 1 aromatic heterocycles. The van der Waals surface area contributed by atoms with Crippen molar-refractivity contribution in [3.05, 3.63) is 46.6 Å². The Morgan fingerprint density at radius 2 is 1.88 bits per heavy atom. The Morgan fingerprint density at radius 1 is 1.15 bits per heavy atom. The summed E-state index contributed by atoms with van der Waals surface area (Å²) in [7, 11) is 1.63. The fourth-order valence-corrected chi connectivity index (χ4v) is 5.56. The zero-order valence-corrected chi connectivity index (χ0v) is 19.4. The van der Waals surface area contributed by atoms with Crippen LogP contribution in [-0.4, -0.2) is 65.8 Å². The van der Waals surface area contributed by atoms with Gasteiger partial charge in [0.15, 0.2) is 0 Å². The quantitative estimate of drug-likeness (QED) is 0.693. The maximum absolute atomic E-state index is 11.8. The highest BCUT2D eigenvalue weighted by atomic mass is 16.5. The highest BCUT2D eigenvalue weighted by Gasteiger charge is 2.38. The smallest absolute Gasteiger partial charge is 0.338 e. The van der Waals surface area contributed by atoms with E-state index < -0.39 is 6.10 Å². The number of likely N-dealkylation sites (tertiary alicyclic amines) is 1. The van der Waals surface area contributed by atoms with Gasteiger partial charge in [0.1, 0.15) is 6.61 Å². The second-order valence-electron chi connectivity index (χ2n) is 9.58. The number of carbonyl (C=O) groups excluding carboxylic acids is 1. The molecule has 0 saturated carbocycles.